The number of carbonyl (C=O) groups excluding carboxylic acids is 1. The van der Waals surface area contributed by atoms with Gasteiger partial charge in [-0.25, -0.2) is 0 Å². The van der Waals surface area contributed by atoms with E-state index in [1.165, 1.54) is 11.1 Å². The van der Waals surface area contributed by atoms with Crippen molar-refractivity contribution in [3.63, 3.8) is 0 Å². The van der Waals surface area contributed by atoms with Gasteiger partial charge in [0.25, 0.3) is 0 Å². The molecular formula is C17H25N3OS. The Labute approximate surface area is 137 Å². The van der Waals surface area contributed by atoms with E-state index in [4.69, 9.17) is 0 Å². The van der Waals surface area contributed by atoms with Crippen molar-refractivity contribution in [2.45, 2.75) is 25.4 Å². The summed E-state index contributed by atoms with van der Waals surface area (Å²) in [5.74, 6) is 2.39. The molecule has 1 aromatic carbocycles. The molecule has 1 atom stereocenters. The van der Waals surface area contributed by atoms with E-state index in [1.54, 1.807) is 0 Å². The first-order chi connectivity index (χ1) is 10.8. The van der Waals surface area contributed by atoms with Crippen molar-refractivity contribution in [3.05, 3.63) is 35.4 Å². The molecular weight excluding hydrogens is 294 g/mol. The number of thioether (sulfide) groups is 1. The fourth-order valence-electron chi connectivity index (χ4n) is 3.15. The molecule has 2 aliphatic heterocycles. The number of fused-ring (bicyclic) bond motifs is 1. The molecule has 5 heteroatoms. The molecule has 1 aromatic rings. The summed E-state index contributed by atoms with van der Waals surface area (Å²) >= 11 is 1.93. The Morgan fingerprint density at radius 2 is 2.23 bits per heavy atom. The SMILES string of the molecule is O=C(CC1CSCCN1)NCCN1CCc2ccccc2C1. The van der Waals surface area contributed by atoms with Gasteiger partial charge in [-0.05, 0) is 17.5 Å². The molecule has 0 aromatic heterocycles. The van der Waals surface area contributed by atoms with Crippen LogP contribution in [0.3, 0.4) is 0 Å². The van der Waals surface area contributed by atoms with Gasteiger partial charge in [-0.1, -0.05) is 24.3 Å². The van der Waals surface area contributed by atoms with Gasteiger partial charge in [-0.3, -0.25) is 9.69 Å². The molecule has 0 aliphatic carbocycles. The molecule has 120 valence electrons. The minimum Gasteiger partial charge on any atom is -0.355 e. The fourth-order valence-corrected chi connectivity index (χ4v) is 4.09. The van der Waals surface area contributed by atoms with Gasteiger partial charge >= 0.3 is 0 Å². The number of nitrogens with zero attached hydrogens (tertiary/aromatic N) is 1. The topological polar surface area (TPSA) is 44.4 Å². The van der Waals surface area contributed by atoms with Crippen LogP contribution in [0.15, 0.2) is 24.3 Å². The maximum atomic E-state index is 12.0. The summed E-state index contributed by atoms with van der Waals surface area (Å²) in [5, 5.41) is 6.48. The van der Waals surface area contributed by atoms with Gasteiger partial charge in [0.05, 0.1) is 0 Å². The van der Waals surface area contributed by atoms with Crippen molar-refractivity contribution >= 4 is 17.7 Å². The Bertz CT molecular complexity index is 502. The van der Waals surface area contributed by atoms with Crippen molar-refractivity contribution in [1.29, 1.82) is 0 Å². The third-order valence-corrected chi connectivity index (χ3v) is 5.52. The summed E-state index contributed by atoms with van der Waals surface area (Å²) in [6.07, 6.45) is 1.73. The summed E-state index contributed by atoms with van der Waals surface area (Å²) in [7, 11) is 0. The normalized spacial score (nSPS) is 22.1. The van der Waals surface area contributed by atoms with Crippen LogP contribution in [0.25, 0.3) is 0 Å². The molecule has 4 nitrogen and oxygen atoms in total. The van der Waals surface area contributed by atoms with E-state index in [2.05, 4.69) is 39.8 Å². The molecule has 1 saturated heterocycles. The molecule has 2 N–H and O–H groups in total. The highest BCUT2D eigenvalue weighted by atomic mass is 32.2. The molecule has 3 rings (SSSR count). The number of benzene rings is 1. The van der Waals surface area contributed by atoms with Crippen LogP contribution >= 0.6 is 11.8 Å². The van der Waals surface area contributed by atoms with Crippen LogP contribution in [0.1, 0.15) is 17.5 Å². The number of amides is 1. The zero-order valence-corrected chi connectivity index (χ0v) is 13.8. The Morgan fingerprint density at radius 1 is 1.36 bits per heavy atom. The second-order valence-electron chi connectivity index (χ2n) is 6.07. The van der Waals surface area contributed by atoms with Gasteiger partial charge in [0, 0.05) is 56.7 Å². The number of rotatable bonds is 5. The van der Waals surface area contributed by atoms with E-state index in [0.717, 1.165) is 50.7 Å². The Hall–Kier alpha value is -1.04. The highest BCUT2D eigenvalue weighted by molar-refractivity contribution is 7.99. The predicted octanol–water partition coefficient (Wildman–Crippen LogP) is 1.26. The summed E-state index contributed by atoms with van der Waals surface area (Å²) in [6, 6.07) is 9.02. The zero-order chi connectivity index (χ0) is 15.2. The standard InChI is InChI=1S/C17H25N3OS/c21-17(11-16-13-22-10-7-18-16)19-6-9-20-8-5-14-3-1-2-4-15(14)12-20/h1-4,16,18H,5-13H2,(H,19,21). The lowest BCUT2D eigenvalue weighted by Crippen LogP contribution is -2.43. The van der Waals surface area contributed by atoms with E-state index in [0.29, 0.717) is 12.5 Å². The summed E-state index contributed by atoms with van der Waals surface area (Å²) in [4.78, 5) is 14.4. The van der Waals surface area contributed by atoms with Gasteiger partial charge in [-0.2, -0.15) is 11.8 Å². The average molecular weight is 319 g/mol. The van der Waals surface area contributed by atoms with E-state index >= 15 is 0 Å². The highest BCUT2D eigenvalue weighted by Gasteiger charge is 2.18. The van der Waals surface area contributed by atoms with Crippen LogP contribution < -0.4 is 10.6 Å². The Morgan fingerprint density at radius 3 is 3.05 bits per heavy atom. The Balaban J connectivity index is 1.36. The molecule has 0 radical (unpaired) electrons. The third-order valence-electron chi connectivity index (χ3n) is 4.39. The number of nitrogens with one attached hydrogen (secondary N) is 2. The van der Waals surface area contributed by atoms with E-state index in [-0.39, 0.29) is 5.91 Å². The van der Waals surface area contributed by atoms with Gasteiger partial charge in [0.2, 0.25) is 5.91 Å². The first kappa shape index (κ1) is 15.8. The van der Waals surface area contributed by atoms with Crippen molar-refractivity contribution in [2.24, 2.45) is 0 Å². The fraction of sp³-hybridized carbons (Fsp3) is 0.588. The smallest absolute Gasteiger partial charge is 0.221 e. The highest BCUT2D eigenvalue weighted by Crippen LogP contribution is 2.17. The minimum absolute atomic E-state index is 0.178. The van der Waals surface area contributed by atoms with Crippen LogP contribution in [0, 0.1) is 0 Å². The van der Waals surface area contributed by atoms with E-state index < -0.39 is 0 Å². The molecule has 0 spiro atoms. The van der Waals surface area contributed by atoms with Crippen molar-refractivity contribution in [2.75, 3.05) is 37.7 Å². The van der Waals surface area contributed by atoms with Crippen LogP contribution in [-0.4, -0.2) is 54.5 Å². The van der Waals surface area contributed by atoms with Crippen molar-refractivity contribution < 1.29 is 4.79 Å². The lowest BCUT2D eigenvalue weighted by atomic mass is 10.00. The average Bonchev–Trinajstić information content (AvgIpc) is 2.55. The second-order valence-corrected chi connectivity index (χ2v) is 7.22. The van der Waals surface area contributed by atoms with Gasteiger partial charge in [0.1, 0.15) is 0 Å². The quantitative estimate of drug-likeness (QED) is 0.857. The van der Waals surface area contributed by atoms with Crippen LogP contribution in [0.2, 0.25) is 0 Å². The largest absolute Gasteiger partial charge is 0.355 e. The number of hydrogen-bond donors (Lipinski definition) is 2. The predicted molar refractivity (Wildman–Crippen MR) is 92.2 cm³/mol. The molecule has 0 saturated carbocycles. The molecule has 2 heterocycles. The maximum absolute atomic E-state index is 12.0. The first-order valence-corrected chi connectivity index (χ1v) is 9.34. The maximum Gasteiger partial charge on any atom is 0.221 e. The summed E-state index contributed by atoms with van der Waals surface area (Å²) in [5.41, 5.74) is 2.91. The third kappa shape index (κ3) is 4.48. The molecule has 0 bridgehead atoms. The van der Waals surface area contributed by atoms with E-state index in [9.17, 15) is 4.79 Å². The lowest BCUT2D eigenvalue weighted by molar-refractivity contribution is -0.121. The zero-order valence-electron chi connectivity index (χ0n) is 13.0. The van der Waals surface area contributed by atoms with Crippen LogP contribution in [-0.2, 0) is 17.8 Å². The molecule has 22 heavy (non-hydrogen) atoms. The van der Waals surface area contributed by atoms with Crippen molar-refractivity contribution in [3.8, 4) is 0 Å². The van der Waals surface area contributed by atoms with Gasteiger partial charge in [-0.15, -0.1) is 0 Å². The summed E-state index contributed by atoms with van der Waals surface area (Å²) in [6.45, 7) is 4.81. The molecule has 2 aliphatic rings. The van der Waals surface area contributed by atoms with Gasteiger partial charge in [0.15, 0.2) is 0 Å². The minimum atomic E-state index is 0.178. The van der Waals surface area contributed by atoms with Gasteiger partial charge < -0.3 is 10.6 Å². The van der Waals surface area contributed by atoms with Crippen molar-refractivity contribution in [1.82, 2.24) is 15.5 Å². The first-order valence-electron chi connectivity index (χ1n) is 8.18. The number of hydrogen-bond acceptors (Lipinski definition) is 4. The van der Waals surface area contributed by atoms with Crippen LogP contribution in [0.5, 0.6) is 0 Å². The van der Waals surface area contributed by atoms with Crippen LogP contribution in [0.4, 0.5) is 0 Å². The molecule has 1 unspecified atom stereocenters. The Kier molecular flexibility index (Phi) is 5.76. The molecule has 1 fully saturated rings. The lowest BCUT2D eigenvalue weighted by Gasteiger charge is -2.28. The number of carbonyl (C=O) groups is 1. The molecule has 1 amide bonds. The summed E-state index contributed by atoms with van der Waals surface area (Å²) < 4.78 is 0. The monoisotopic (exact) mass is 319 g/mol. The van der Waals surface area contributed by atoms with E-state index in [1.807, 2.05) is 11.8 Å². The second kappa shape index (κ2) is 7.99.